The lowest BCUT2D eigenvalue weighted by Gasteiger charge is -2.20. The molecule has 4 heteroatoms. The summed E-state index contributed by atoms with van der Waals surface area (Å²) in [5.74, 6) is 1.73. The van der Waals surface area contributed by atoms with E-state index in [0.29, 0.717) is 5.92 Å². The molecule has 0 fully saturated rings. The van der Waals surface area contributed by atoms with Crippen molar-refractivity contribution < 1.29 is 0 Å². The topological polar surface area (TPSA) is 56.7 Å². The SMILES string of the molecule is NCC1CCc2nncn2C1. The molecule has 0 saturated heterocycles. The van der Waals surface area contributed by atoms with E-state index in [1.807, 2.05) is 0 Å². The van der Waals surface area contributed by atoms with E-state index in [1.165, 1.54) is 0 Å². The number of hydrogen-bond donors (Lipinski definition) is 1. The zero-order chi connectivity index (χ0) is 7.68. The smallest absolute Gasteiger partial charge is 0.132 e. The van der Waals surface area contributed by atoms with Crippen LogP contribution >= 0.6 is 0 Å². The zero-order valence-corrected chi connectivity index (χ0v) is 6.40. The molecule has 11 heavy (non-hydrogen) atoms. The van der Waals surface area contributed by atoms with Crippen LogP contribution in [0.2, 0.25) is 0 Å². The van der Waals surface area contributed by atoms with Gasteiger partial charge in [-0.2, -0.15) is 0 Å². The van der Waals surface area contributed by atoms with E-state index in [0.717, 1.165) is 31.8 Å². The lowest BCUT2D eigenvalue weighted by Crippen LogP contribution is -2.25. The average molecular weight is 152 g/mol. The summed E-state index contributed by atoms with van der Waals surface area (Å²) in [7, 11) is 0. The molecule has 2 N–H and O–H groups in total. The Kier molecular flexibility index (Phi) is 1.62. The van der Waals surface area contributed by atoms with Crippen molar-refractivity contribution in [1.29, 1.82) is 0 Å². The Hall–Kier alpha value is -0.900. The predicted octanol–water partition coefficient (Wildman–Crippen LogP) is -0.201. The van der Waals surface area contributed by atoms with Gasteiger partial charge in [0, 0.05) is 13.0 Å². The summed E-state index contributed by atoms with van der Waals surface area (Å²) in [5, 5.41) is 7.84. The summed E-state index contributed by atoms with van der Waals surface area (Å²) >= 11 is 0. The zero-order valence-electron chi connectivity index (χ0n) is 6.40. The molecule has 1 unspecified atom stereocenters. The molecule has 2 rings (SSSR count). The van der Waals surface area contributed by atoms with E-state index in [2.05, 4.69) is 14.8 Å². The minimum Gasteiger partial charge on any atom is -0.330 e. The van der Waals surface area contributed by atoms with Gasteiger partial charge in [-0.15, -0.1) is 10.2 Å². The van der Waals surface area contributed by atoms with Crippen molar-refractivity contribution in [3.8, 4) is 0 Å². The third kappa shape index (κ3) is 1.14. The standard InChI is InChI=1S/C7H12N4/c8-3-6-1-2-7-10-9-5-11(7)4-6/h5-6H,1-4,8H2. The van der Waals surface area contributed by atoms with E-state index >= 15 is 0 Å². The molecule has 0 saturated carbocycles. The molecule has 1 aromatic heterocycles. The molecule has 2 heterocycles. The van der Waals surface area contributed by atoms with Gasteiger partial charge < -0.3 is 10.3 Å². The lowest BCUT2D eigenvalue weighted by molar-refractivity contribution is 0.373. The molecular weight excluding hydrogens is 140 g/mol. The number of nitrogens with two attached hydrogens (primary N) is 1. The van der Waals surface area contributed by atoms with Crippen LogP contribution in [0.5, 0.6) is 0 Å². The average Bonchev–Trinajstić information content (AvgIpc) is 2.50. The van der Waals surface area contributed by atoms with Gasteiger partial charge in [0.25, 0.3) is 0 Å². The van der Waals surface area contributed by atoms with Gasteiger partial charge in [0.15, 0.2) is 0 Å². The lowest BCUT2D eigenvalue weighted by atomic mass is 10.00. The Morgan fingerprint density at radius 2 is 2.64 bits per heavy atom. The molecule has 1 aliphatic heterocycles. The molecule has 0 radical (unpaired) electrons. The molecular formula is C7H12N4. The highest BCUT2D eigenvalue weighted by Crippen LogP contribution is 2.16. The number of hydrogen-bond acceptors (Lipinski definition) is 3. The molecule has 60 valence electrons. The van der Waals surface area contributed by atoms with Gasteiger partial charge in [0.2, 0.25) is 0 Å². The number of aryl methyl sites for hydroxylation is 1. The van der Waals surface area contributed by atoms with Crippen LogP contribution in [-0.2, 0) is 13.0 Å². The van der Waals surface area contributed by atoms with Gasteiger partial charge in [0.1, 0.15) is 12.2 Å². The fourth-order valence-corrected chi connectivity index (χ4v) is 1.52. The van der Waals surface area contributed by atoms with Gasteiger partial charge in [-0.1, -0.05) is 0 Å². The van der Waals surface area contributed by atoms with E-state index in [1.54, 1.807) is 6.33 Å². The maximum atomic E-state index is 5.57. The van der Waals surface area contributed by atoms with Gasteiger partial charge >= 0.3 is 0 Å². The second kappa shape index (κ2) is 2.62. The highest BCUT2D eigenvalue weighted by atomic mass is 15.3. The largest absolute Gasteiger partial charge is 0.330 e. The Bertz CT molecular complexity index is 242. The summed E-state index contributed by atoms with van der Waals surface area (Å²) in [4.78, 5) is 0. The van der Waals surface area contributed by atoms with Crippen LogP contribution in [0.15, 0.2) is 6.33 Å². The second-order valence-electron chi connectivity index (χ2n) is 3.04. The molecule has 0 aliphatic carbocycles. The van der Waals surface area contributed by atoms with E-state index in [9.17, 15) is 0 Å². The molecule has 1 aromatic rings. The number of rotatable bonds is 1. The van der Waals surface area contributed by atoms with Gasteiger partial charge in [-0.05, 0) is 18.9 Å². The van der Waals surface area contributed by atoms with Gasteiger partial charge in [0.05, 0.1) is 0 Å². The third-order valence-electron chi connectivity index (χ3n) is 2.26. The molecule has 1 aliphatic rings. The van der Waals surface area contributed by atoms with Crippen molar-refractivity contribution in [3.63, 3.8) is 0 Å². The third-order valence-corrected chi connectivity index (χ3v) is 2.26. The normalized spacial score (nSPS) is 23.2. The summed E-state index contributed by atoms with van der Waals surface area (Å²) < 4.78 is 2.10. The van der Waals surface area contributed by atoms with Crippen molar-refractivity contribution in [1.82, 2.24) is 14.8 Å². The number of nitrogens with zero attached hydrogens (tertiary/aromatic N) is 3. The van der Waals surface area contributed by atoms with E-state index in [-0.39, 0.29) is 0 Å². The van der Waals surface area contributed by atoms with Crippen molar-refractivity contribution in [2.24, 2.45) is 11.7 Å². The van der Waals surface area contributed by atoms with E-state index < -0.39 is 0 Å². The second-order valence-corrected chi connectivity index (χ2v) is 3.04. The number of aromatic nitrogens is 3. The first-order valence-corrected chi connectivity index (χ1v) is 3.97. The van der Waals surface area contributed by atoms with Crippen molar-refractivity contribution >= 4 is 0 Å². The molecule has 4 nitrogen and oxygen atoms in total. The van der Waals surface area contributed by atoms with Gasteiger partial charge in [-0.3, -0.25) is 0 Å². The molecule has 0 amide bonds. The van der Waals surface area contributed by atoms with Crippen LogP contribution in [-0.4, -0.2) is 21.3 Å². The Morgan fingerprint density at radius 1 is 1.73 bits per heavy atom. The van der Waals surface area contributed by atoms with Crippen molar-refractivity contribution in [3.05, 3.63) is 12.2 Å². The minimum atomic E-state index is 0.624. The summed E-state index contributed by atoms with van der Waals surface area (Å²) in [6.45, 7) is 1.77. The fraction of sp³-hybridized carbons (Fsp3) is 0.714. The summed E-state index contributed by atoms with van der Waals surface area (Å²) in [6.07, 6.45) is 3.98. The molecule has 0 aromatic carbocycles. The first-order valence-electron chi connectivity index (χ1n) is 3.97. The minimum absolute atomic E-state index is 0.624. The van der Waals surface area contributed by atoms with Crippen LogP contribution in [0.4, 0.5) is 0 Å². The summed E-state index contributed by atoms with van der Waals surface area (Å²) in [5.41, 5.74) is 5.57. The Morgan fingerprint density at radius 3 is 3.45 bits per heavy atom. The fourth-order valence-electron chi connectivity index (χ4n) is 1.52. The van der Waals surface area contributed by atoms with Crippen molar-refractivity contribution in [2.45, 2.75) is 19.4 Å². The highest BCUT2D eigenvalue weighted by molar-refractivity contribution is 4.91. The maximum absolute atomic E-state index is 5.57. The van der Waals surface area contributed by atoms with Crippen LogP contribution in [0.25, 0.3) is 0 Å². The first kappa shape index (κ1) is 6.79. The molecule has 0 bridgehead atoms. The maximum Gasteiger partial charge on any atom is 0.132 e. The Balaban J connectivity index is 2.18. The quantitative estimate of drug-likeness (QED) is 0.606. The van der Waals surface area contributed by atoms with Crippen LogP contribution in [0.3, 0.4) is 0 Å². The molecule has 1 atom stereocenters. The molecule has 0 spiro atoms. The Labute approximate surface area is 65.4 Å². The van der Waals surface area contributed by atoms with Gasteiger partial charge in [-0.25, -0.2) is 0 Å². The predicted molar refractivity (Wildman–Crippen MR) is 40.9 cm³/mol. The van der Waals surface area contributed by atoms with Crippen LogP contribution in [0, 0.1) is 5.92 Å². The summed E-state index contributed by atoms with van der Waals surface area (Å²) in [6, 6.07) is 0. The highest BCUT2D eigenvalue weighted by Gasteiger charge is 2.17. The monoisotopic (exact) mass is 152 g/mol. The van der Waals surface area contributed by atoms with Crippen LogP contribution < -0.4 is 5.73 Å². The first-order chi connectivity index (χ1) is 5.40. The van der Waals surface area contributed by atoms with Crippen LogP contribution in [0.1, 0.15) is 12.2 Å². The number of fused-ring (bicyclic) bond motifs is 1. The van der Waals surface area contributed by atoms with E-state index in [4.69, 9.17) is 5.73 Å². The van der Waals surface area contributed by atoms with Crippen molar-refractivity contribution in [2.75, 3.05) is 6.54 Å².